The molecule has 28 heavy (non-hydrogen) atoms. The van der Waals surface area contributed by atoms with Crippen molar-refractivity contribution in [1.29, 1.82) is 0 Å². The largest absolute Gasteiger partial charge is 0.457 e. The van der Waals surface area contributed by atoms with E-state index in [-0.39, 0.29) is 7.43 Å². The van der Waals surface area contributed by atoms with E-state index >= 15 is 0 Å². The normalized spacial score (nSPS) is 14.3. The quantitative estimate of drug-likeness (QED) is 0.318. The Labute approximate surface area is 165 Å². The lowest BCUT2D eigenvalue weighted by Gasteiger charge is -2.45. The highest BCUT2D eigenvalue weighted by Crippen LogP contribution is 2.59. The summed E-state index contributed by atoms with van der Waals surface area (Å²) in [6, 6.07) is 34.0. The van der Waals surface area contributed by atoms with Crippen molar-refractivity contribution in [3.8, 4) is 11.5 Å². The summed E-state index contributed by atoms with van der Waals surface area (Å²) in [6.07, 6.45) is 0. The first-order valence-corrected chi connectivity index (χ1v) is 9.22. The predicted molar refractivity (Wildman–Crippen MR) is 115 cm³/mol. The SMILES string of the molecule is C.c1ccc2c(c1)Nc1ccccc1C21c2ccccc2Oc2ccccc21. The molecule has 2 aliphatic rings. The second-order valence-electron chi connectivity index (χ2n) is 7.06. The number of fused-ring (bicyclic) bond motifs is 8. The van der Waals surface area contributed by atoms with Gasteiger partial charge in [-0.3, -0.25) is 0 Å². The molecule has 1 spiro atoms. The highest BCUT2D eigenvalue weighted by atomic mass is 16.5. The van der Waals surface area contributed by atoms with Crippen LogP contribution < -0.4 is 10.1 Å². The maximum atomic E-state index is 6.31. The highest BCUT2D eigenvalue weighted by Gasteiger charge is 2.49. The molecule has 0 atom stereocenters. The van der Waals surface area contributed by atoms with Gasteiger partial charge in [0.05, 0.1) is 5.41 Å². The lowest BCUT2D eigenvalue weighted by atomic mass is 9.61. The minimum Gasteiger partial charge on any atom is -0.457 e. The van der Waals surface area contributed by atoms with Crippen LogP contribution in [0.5, 0.6) is 11.5 Å². The molecule has 4 aromatic carbocycles. The summed E-state index contributed by atoms with van der Waals surface area (Å²) in [7, 11) is 0. The summed E-state index contributed by atoms with van der Waals surface area (Å²) in [5.41, 5.74) is 6.77. The molecule has 0 aromatic heterocycles. The maximum Gasteiger partial charge on any atom is 0.132 e. The zero-order chi connectivity index (χ0) is 17.8. The molecule has 2 heterocycles. The van der Waals surface area contributed by atoms with E-state index in [1.807, 2.05) is 12.1 Å². The fourth-order valence-corrected chi connectivity index (χ4v) is 4.70. The van der Waals surface area contributed by atoms with Crippen molar-refractivity contribution in [1.82, 2.24) is 0 Å². The standard InChI is InChI=1S/C25H17NO.CH4/c1-5-13-21-17(9-1)25(18-10-2-6-14-22(18)26-21)19-11-3-7-15-23(19)27-24-16-8-4-12-20(24)25;/h1-16,26H;1H4. The van der Waals surface area contributed by atoms with Crippen molar-refractivity contribution in [2.45, 2.75) is 12.8 Å². The fourth-order valence-electron chi connectivity index (χ4n) is 4.70. The Morgan fingerprint density at radius 3 is 1.39 bits per heavy atom. The van der Waals surface area contributed by atoms with Crippen molar-refractivity contribution in [3.05, 3.63) is 119 Å². The molecule has 2 aliphatic heterocycles. The maximum absolute atomic E-state index is 6.31. The second-order valence-corrected chi connectivity index (χ2v) is 7.06. The number of hydrogen-bond donors (Lipinski definition) is 1. The molecular formula is C26H21NO. The zero-order valence-electron chi connectivity index (χ0n) is 14.6. The van der Waals surface area contributed by atoms with Crippen molar-refractivity contribution in [2.24, 2.45) is 0 Å². The zero-order valence-corrected chi connectivity index (χ0v) is 14.6. The number of nitrogens with one attached hydrogen (secondary N) is 1. The van der Waals surface area contributed by atoms with Gasteiger partial charge >= 0.3 is 0 Å². The minimum absolute atomic E-state index is 0. The van der Waals surface area contributed by atoms with E-state index < -0.39 is 5.41 Å². The molecule has 1 N–H and O–H groups in total. The Kier molecular flexibility index (Phi) is 3.56. The first kappa shape index (κ1) is 16.6. The van der Waals surface area contributed by atoms with Gasteiger partial charge < -0.3 is 10.1 Å². The van der Waals surface area contributed by atoms with Crippen molar-refractivity contribution >= 4 is 11.4 Å². The molecule has 0 bridgehead atoms. The molecule has 0 amide bonds. The van der Waals surface area contributed by atoms with Crippen LogP contribution in [-0.2, 0) is 5.41 Å². The number of ether oxygens (including phenoxy) is 1. The average molecular weight is 363 g/mol. The van der Waals surface area contributed by atoms with Crippen LogP contribution >= 0.6 is 0 Å². The van der Waals surface area contributed by atoms with Crippen LogP contribution in [0.2, 0.25) is 0 Å². The van der Waals surface area contributed by atoms with Crippen LogP contribution in [0.15, 0.2) is 97.1 Å². The summed E-state index contributed by atoms with van der Waals surface area (Å²) in [5.74, 6) is 1.84. The molecule has 2 heteroatoms. The summed E-state index contributed by atoms with van der Waals surface area (Å²) >= 11 is 0. The fraction of sp³-hybridized carbons (Fsp3) is 0.0769. The Bertz CT molecular complexity index is 1000. The third-order valence-electron chi connectivity index (χ3n) is 5.73. The van der Waals surface area contributed by atoms with Crippen LogP contribution in [0.4, 0.5) is 11.4 Å². The number of hydrogen-bond acceptors (Lipinski definition) is 2. The first-order chi connectivity index (χ1) is 13.4. The van der Waals surface area contributed by atoms with Gasteiger partial charge in [-0.05, 0) is 35.4 Å². The van der Waals surface area contributed by atoms with Gasteiger partial charge in [0, 0.05) is 22.5 Å². The topological polar surface area (TPSA) is 21.3 Å². The number of anilines is 2. The Balaban J connectivity index is 0.00000171. The van der Waals surface area contributed by atoms with E-state index in [0.29, 0.717) is 0 Å². The van der Waals surface area contributed by atoms with Gasteiger partial charge in [0.2, 0.25) is 0 Å². The molecule has 4 aromatic rings. The van der Waals surface area contributed by atoms with E-state index in [1.54, 1.807) is 0 Å². The van der Waals surface area contributed by atoms with Crippen molar-refractivity contribution < 1.29 is 4.74 Å². The molecule has 0 saturated heterocycles. The monoisotopic (exact) mass is 363 g/mol. The van der Waals surface area contributed by atoms with E-state index in [1.165, 1.54) is 22.3 Å². The third-order valence-corrected chi connectivity index (χ3v) is 5.73. The smallest absolute Gasteiger partial charge is 0.132 e. The van der Waals surface area contributed by atoms with Gasteiger partial charge in [-0.2, -0.15) is 0 Å². The number of rotatable bonds is 0. The predicted octanol–water partition coefficient (Wildman–Crippen LogP) is 6.87. The van der Waals surface area contributed by atoms with Crippen molar-refractivity contribution in [2.75, 3.05) is 5.32 Å². The molecule has 0 aliphatic carbocycles. The molecule has 0 saturated carbocycles. The van der Waals surface area contributed by atoms with E-state index in [9.17, 15) is 0 Å². The summed E-state index contributed by atoms with van der Waals surface area (Å²) in [5, 5.41) is 3.63. The first-order valence-electron chi connectivity index (χ1n) is 9.22. The molecule has 2 nitrogen and oxygen atoms in total. The molecule has 0 unspecified atom stereocenters. The molecular weight excluding hydrogens is 342 g/mol. The minimum atomic E-state index is -0.399. The molecule has 6 rings (SSSR count). The third kappa shape index (κ3) is 1.97. The van der Waals surface area contributed by atoms with Gasteiger partial charge in [-0.15, -0.1) is 0 Å². The van der Waals surface area contributed by atoms with E-state index in [4.69, 9.17) is 4.74 Å². The van der Waals surface area contributed by atoms with Crippen LogP contribution in [-0.4, -0.2) is 0 Å². The molecule has 136 valence electrons. The van der Waals surface area contributed by atoms with Gasteiger partial charge in [0.15, 0.2) is 0 Å². The number of benzene rings is 4. The van der Waals surface area contributed by atoms with Crippen LogP contribution in [0.1, 0.15) is 29.7 Å². The highest BCUT2D eigenvalue weighted by molar-refractivity contribution is 5.84. The summed E-state index contributed by atoms with van der Waals surface area (Å²) < 4.78 is 6.31. The van der Waals surface area contributed by atoms with Crippen molar-refractivity contribution in [3.63, 3.8) is 0 Å². The summed E-state index contributed by atoms with van der Waals surface area (Å²) in [4.78, 5) is 0. The molecule has 0 fully saturated rings. The van der Waals surface area contributed by atoms with Gasteiger partial charge in [-0.25, -0.2) is 0 Å². The average Bonchev–Trinajstić information content (AvgIpc) is 2.73. The summed E-state index contributed by atoms with van der Waals surface area (Å²) in [6.45, 7) is 0. The molecule has 0 radical (unpaired) electrons. The van der Waals surface area contributed by atoms with Gasteiger partial charge in [0.1, 0.15) is 11.5 Å². The lowest BCUT2D eigenvalue weighted by Crippen LogP contribution is -2.37. The van der Waals surface area contributed by atoms with Gasteiger partial charge in [-0.1, -0.05) is 80.2 Å². The second kappa shape index (κ2) is 6.00. The van der Waals surface area contributed by atoms with Crippen LogP contribution in [0.3, 0.4) is 0 Å². The van der Waals surface area contributed by atoms with E-state index in [0.717, 1.165) is 22.9 Å². The Morgan fingerprint density at radius 2 is 0.893 bits per heavy atom. The Hall–Kier alpha value is -3.52. The lowest BCUT2D eigenvalue weighted by molar-refractivity contribution is 0.434. The van der Waals surface area contributed by atoms with Gasteiger partial charge in [0.25, 0.3) is 0 Å². The van der Waals surface area contributed by atoms with Crippen LogP contribution in [0, 0.1) is 0 Å². The van der Waals surface area contributed by atoms with E-state index in [2.05, 4.69) is 90.2 Å². The Morgan fingerprint density at radius 1 is 0.500 bits per heavy atom. The van der Waals surface area contributed by atoms with Crippen LogP contribution in [0.25, 0.3) is 0 Å². The number of para-hydroxylation sites is 4.